The van der Waals surface area contributed by atoms with E-state index in [4.69, 9.17) is 44.0 Å². The molecule has 0 aromatic carbocycles. The minimum atomic E-state index is -0.867. The van der Waals surface area contributed by atoms with Crippen LogP contribution in [0.5, 0.6) is 0 Å². The van der Waals surface area contributed by atoms with Crippen LogP contribution < -0.4 is 0 Å². The van der Waals surface area contributed by atoms with Gasteiger partial charge in [0, 0.05) is 172 Å². The van der Waals surface area contributed by atoms with E-state index in [1.165, 1.54) is 221 Å². The molecule has 13 fully saturated rings. The fourth-order valence-corrected chi connectivity index (χ4v) is 20.4. The standard InChI is InChI=1S/C11H21NO2.C10H19NO2.C10H21NO.2C10H21N.C9H17NO3.4C9H19N.C8H18N2.2C8H17N.2CO2/c1-10(2,3)12-7-5-6-11(4,8-12)9(13)14;1-9(2,3)11-6-5-10(4,7-11)8(12)13;1-9(2,3)11-6-7-12-10(4,5)8-11;1-9-5-7-11(8-6-9)10(2,3)4;1-9-6-5-7-11(8-9)10(2,3)4;1-9(2,3)10-4-5-13-7(6-10)8(11)12;1-8-5-6-10(7-8)9(2,3)4;1-8(2)10-6-4-9(3)5-7-10;2*1-9(2,3)10-7-5-4-6-8-10;1-8(2)10-6-4-9(3)5-7-10;1-7-5-9(6-7)8(2,3)4;1-7(2)9-5-4-8(3)6-9;2*2-1-3/h5-8H2,1-4H3,(H,13,14);5-7H2,1-4H3,(H,12,13);6-8H2,1-5H3;2*9H,5-8H2,1-4H3;7H,4-6H2,1-3H3,(H,11,12);8H,5-7H2,1-4H3;8-9H,4-7H2,1-3H3;2*4-8H2,1-3H3;8H,4-7H2,1-3H3;7H,5-6H2,1-4H3;7-8H,4-6H2,1-3H3;;. The molecule has 13 saturated heterocycles. The second kappa shape index (κ2) is 68.4. The normalized spacial score (nSPS) is 25.6. The molecule has 26 nitrogen and oxygen atoms in total. The lowest BCUT2D eigenvalue weighted by Gasteiger charge is -2.46. The third-order valence-corrected chi connectivity index (χ3v) is 32.1. The first-order valence-corrected chi connectivity index (χ1v) is 58.7. The summed E-state index contributed by atoms with van der Waals surface area (Å²) in [6.45, 7) is 137. The molecule has 878 valence electrons. The second-order valence-corrected chi connectivity index (χ2v) is 58.0. The third-order valence-electron chi connectivity index (χ3n) is 32.1. The molecule has 26 heteroatoms. The van der Waals surface area contributed by atoms with E-state index in [-0.39, 0.29) is 40.1 Å². The summed E-state index contributed by atoms with van der Waals surface area (Å²) in [5.41, 5.74) is 1.81. The number of carboxylic acids is 3. The number of carbonyl (C=O) groups is 3. The lowest BCUT2D eigenvalue weighted by Crippen LogP contribution is -2.55. The number of hydrogen-bond donors (Lipinski definition) is 3. The van der Waals surface area contributed by atoms with Crippen LogP contribution in [0.25, 0.3) is 0 Å². The molecule has 0 spiro atoms. The van der Waals surface area contributed by atoms with Gasteiger partial charge in [-0.25, -0.2) is 4.79 Å². The van der Waals surface area contributed by atoms with Gasteiger partial charge in [-0.15, -0.1) is 0 Å². The predicted molar refractivity (Wildman–Crippen MR) is 623 cm³/mol. The molecule has 0 saturated carbocycles. The molecule has 148 heavy (non-hydrogen) atoms. The highest BCUT2D eigenvalue weighted by Gasteiger charge is 2.45. The summed E-state index contributed by atoms with van der Waals surface area (Å²) >= 11 is 0. The van der Waals surface area contributed by atoms with Crippen molar-refractivity contribution in [3.8, 4) is 0 Å². The molecule has 3 N–H and O–H groups in total. The van der Waals surface area contributed by atoms with E-state index in [1.54, 1.807) is 0 Å². The first kappa shape index (κ1) is 147. The van der Waals surface area contributed by atoms with E-state index in [0.29, 0.717) is 59.5 Å². The van der Waals surface area contributed by atoms with Crippen LogP contribution in [0, 0.1) is 46.3 Å². The molecule has 0 aromatic heterocycles. The molecule has 6 unspecified atom stereocenters. The van der Waals surface area contributed by atoms with Crippen molar-refractivity contribution in [1.29, 1.82) is 0 Å². The maximum absolute atomic E-state index is 11.1. The van der Waals surface area contributed by atoms with Crippen LogP contribution in [0.15, 0.2) is 0 Å². The van der Waals surface area contributed by atoms with Gasteiger partial charge < -0.3 is 39.5 Å². The Labute approximate surface area is 914 Å². The Bertz CT molecular complexity index is 3440. The van der Waals surface area contributed by atoms with Crippen LogP contribution in [0.1, 0.15) is 428 Å². The summed E-state index contributed by atoms with van der Waals surface area (Å²) in [5.74, 6) is 3.42. The van der Waals surface area contributed by atoms with E-state index < -0.39 is 34.8 Å². The smallest absolute Gasteiger partial charge is 0.373 e. The molecule has 13 rings (SSSR count). The zero-order valence-electron chi connectivity index (χ0n) is 106. The van der Waals surface area contributed by atoms with Crippen molar-refractivity contribution < 1.29 is 58.4 Å². The Kier molecular flexibility index (Phi) is 67.7. The molecule has 0 amide bonds. The van der Waals surface area contributed by atoms with Crippen LogP contribution in [-0.4, -0.2) is 403 Å². The molecule has 0 bridgehead atoms. The number of carboxylic acid groups (broad SMARTS) is 3. The first-order chi connectivity index (χ1) is 67.4. The minimum Gasteiger partial charge on any atom is -0.481 e. The van der Waals surface area contributed by atoms with Crippen molar-refractivity contribution in [2.75, 3.05) is 204 Å². The zero-order chi connectivity index (χ0) is 115. The Morgan fingerprint density at radius 3 is 0.831 bits per heavy atom. The number of likely N-dealkylation sites (N-methyl/N-ethyl adjacent to an activating group) is 1. The Hall–Kier alpha value is -3.47. The third kappa shape index (κ3) is 63.8. The first-order valence-electron chi connectivity index (χ1n) is 58.7. The van der Waals surface area contributed by atoms with Gasteiger partial charge in [-0.3, -0.25) is 63.5 Å². The quantitative estimate of drug-likeness (QED) is 0.224. The Balaban J connectivity index is 0. The second-order valence-electron chi connectivity index (χ2n) is 58.0. The van der Waals surface area contributed by atoms with Gasteiger partial charge >= 0.3 is 30.2 Å². The number of likely N-dealkylation sites (tertiary alicyclic amines) is 10. The molecule has 0 aliphatic carbocycles. The van der Waals surface area contributed by atoms with E-state index in [1.807, 2.05) is 13.8 Å². The number of nitrogens with zero attached hydrogens (tertiary/aromatic N) is 14. The average molecular weight is 2100 g/mol. The SMILES string of the molecule is CC(C)(C)N1CCCCC1.CC(C)(C)N1CCCCC1.CC(C)(C)N1CCOC(C(=O)O)C1.CC(C)N1CCN(C)CC1.CC1(C(=O)O)CCCN(C(C)(C)C)C1.CC1(C(=O)O)CCN(C(C)(C)C)C1.CC1(C)CN(C(C)(C)C)CCO1.CC1CCCN(C(C)(C)C)C1.CC1CCN(C(C)(C)C)C1.CC1CCN(C(C)(C)C)CC1.CC1CCN(C(C)C)C1.CC1CCN(C(C)C)CC1.CC1CN(C(C)(C)C)C1.O=C=O.O=C=O. The lowest BCUT2D eigenvalue weighted by atomic mass is 9.80. The molecule has 0 aromatic rings. The highest BCUT2D eigenvalue weighted by Crippen LogP contribution is 2.37. The number of aliphatic carboxylic acids is 3. The number of morpholine rings is 2. The van der Waals surface area contributed by atoms with Crippen molar-refractivity contribution in [3.63, 3.8) is 0 Å². The lowest BCUT2D eigenvalue weighted by molar-refractivity contribution is -0.193. The van der Waals surface area contributed by atoms with Crippen molar-refractivity contribution in [2.24, 2.45) is 46.3 Å². The molecule has 0 radical (unpaired) electrons. The molecular weight excluding hydrogens is 1850 g/mol. The fourth-order valence-electron chi connectivity index (χ4n) is 20.4. The maximum atomic E-state index is 11.1. The summed E-state index contributed by atoms with van der Waals surface area (Å²) in [4.78, 5) is 99.8. The highest BCUT2D eigenvalue weighted by molar-refractivity contribution is 5.75. The molecule has 13 heterocycles. The van der Waals surface area contributed by atoms with E-state index >= 15 is 0 Å². The van der Waals surface area contributed by atoms with Crippen LogP contribution in [0.3, 0.4) is 0 Å². The fraction of sp³-hybridized carbons (Fsp3) is 0.959. The molecule has 13 aliphatic heterocycles. The number of hydrogen-bond acceptors (Lipinski definition) is 23. The van der Waals surface area contributed by atoms with Crippen LogP contribution in [0.2, 0.25) is 0 Å². The number of carbonyl (C=O) groups excluding carboxylic acids is 4. The number of rotatable bonds is 6. The predicted octanol–water partition coefficient (Wildman–Crippen LogP) is 22.8. The average Bonchev–Trinajstić information content (AvgIpc) is 1.75. The minimum absolute atomic E-state index is 0.0253. The van der Waals surface area contributed by atoms with Crippen molar-refractivity contribution in [1.82, 2.24) is 68.6 Å². The number of piperidine rings is 6. The van der Waals surface area contributed by atoms with Gasteiger partial charge in [-0.2, -0.15) is 19.2 Å². The van der Waals surface area contributed by atoms with E-state index in [9.17, 15) is 14.4 Å². The summed E-state index contributed by atoms with van der Waals surface area (Å²) in [7, 11) is 2.19. The summed E-state index contributed by atoms with van der Waals surface area (Å²) < 4.78 is 10.8. The van der Waals surface area contributed by atoms with Crippen LogP contribution in [0.4, 0.5) is 0 Å². The molecule has 13 aliphatic rings. The molecular formula is C122H248N14O12. The summed E-state index contributed by atoms with van der Waals surface area (Å²) in [5, 5.41) is 27.0. The van der Waals surface area contributed by atoms with Gasteiger partial charge in [0.1, 0.15) is 0 Å². The Morgan fingerprint density at radius 2 is 0.554 bits per heavy atom. The van der Waals surface area contributed by atoms with Gasteiger partial charge in [0.25, 0.3) is 0 Å². The maximum Gasteiger partial charge on any atom is 0.373 e. The zero-order valence-corrected chi connectivity index (χ0v) is 106. The number of ether oxygens (including phenoxy) is 2. The monoisotopic (exact) mass is 2100 g/mol. The Morgan fingerprint density at radius 1 is 0.277 bits per heavy atom. The van der Waals surface area contributed by atoms with Gasteiger partial charge in [0.2, 0.25) is 0 Å². The van der Waals surface area contributed by atoms with Gasteiger partial charge in [0.05, 0.1) is 29.6 Å². The molecule has 6 atom stereocenters. The van der Waals surface area contributed by atoms with Crippen molar-refractivity contribution in [3.05, 3.63) is 0 Å². The van der Waals surface area contributed by atoms with Gasteiger partial charge in [-0.1, -0.05) is 54.4 Å². The van der Waals surface area contributed by atoms with E-state index in [0.717, 1.165) is 112 Å². The summed E-state index contributed by atoms with van der Waals surface area (Å²) in [6.07, 6.45) is 22.0. The topological polar surface area (TPSA) is 244 Å². The number of piperazine rings is 1. The van der Waals surface area contributed by atoms with Gasteiger partial charge in [0.15, 0.2) is 6.10 Å². The van der Waals surface area contributed by atoms with Crippen LogP contribution >= 0.6 is 0 Å². The van der Waals surface area contributed by atoms with Crippen molar-refractivity contribution in [2.45, 2.75) is 513 Å². The van der Waals surface area contributed by atoms with Gasteiger partial charge in [-0.05, 0) is 501 Å². The largest absolute Gasteiger partial charge is 0.481 e. The van der Waals surface area contributed by atoms with E-state index in [2.05, 4.69) is 380 Å². The van der Waals surface area contributed by atoms with Crippen LogP contribution in [-0.2, 0) is 43.0 Å². The van der Waals surface area contributed by atoms with Crippen molar-refractivity contribution >= 4 is 30.2 Å². The summed E-state index contributed by atoms with van der Waals surface area (Å²) in [6, 6.07) is 2.25. The highest BCUT2D eigenvalue weighted by atomic mass is 16.5.